The molecule has 0 aromatic carbocycles. The zero-order valence-corrected chi connectivity index (χ0v) is 8.48. The van der Waals surface area contributed by atoms with E-state index in [2.05, 4.69) is 27.8 Å². The standard InChI is InChI=1S/C9H9N3OS/c1-6-11-12-9(13-6)8(14)7-3-2-4-10-5-7/h2-5,8,14H,1H3. The quantitative estimate of drug-likeness (QED) is 0.763. The van der Waals surface area contributed by atoms with Crippen LogP contribution in [0.15, 0.2) is 28.9 Å². The Morgan fingerprint density at radius 3 is 2.86 bits per heavy atom. The van der Waals surface area contributed by atoms with Gasteiger partial charge in [-0.1, -0.05) is 6.07 Å². The molecule has 2 heterocycles. The van der Waals surface area contributed by atoms with Crippen molar-refractivity contribution in [1.82, 2.24) is 15.2 Å². The van der Waals surface area contributed by atoms with Crippen molar-refractivity contribution in [2.24, 2.45) is 0 Å². The number of nitrogens with zero attached hydrogens (tertiary/aromatic N) is 3. The predicted octanol–water partition coefficient (Wildman–Crippen LogP) is 1.79. The summed E-state index contributed by atoms with van der Waals surface area (Å²) in [7, 11) is 0. The van der Waals surface area contributed by atoms with Gasteiger partial charge in [-0.05, 0) is 11.6 Å². The molecule has 0 saturated heterocycles. The maximum atomic E-state index is 5.27. The van der Waals surface area contributed by atoms with E-state index < -0.39 is 0 Å². The molecule has 0 bridgehead atoms. The van der Waals surface area contributed by atoms with Crippen molar-refractivity contribution < 1.29 is 4.42 Å². The molecule has 1 atom stereocenters. The lowest BCUT2D eigenvalue weighted by Crippen LogP contribution is -1.94. The zero-order valence-electron chi connectivity index (χ0n) is 7.58. The monoisotopic (exact) mass is 207 g/mol. The maximum absolute atomic E-state index is 5.27. The summed E-state index contributed by atoms with van der Waals surface area (Å²) in [4.78, 5) is 4.00. The van der Waals surface area contributed by atoms with Crippen LogP contribution in [-0.2, 0) is 0 Å². The van der Waals surface area contributed by atoms with Gasteiger partial charge in [0.15, 0.2) is 0 Å². The van der Waals surface area contributed by atoms with Crippen molar-refractivity contribution in [3.63, 3.8) is 0 Å². The van der Waals surface area contributed by atoms with Gasteiger partial charge in [-0.3, -0.25) is 4.98 Å². The first-order valence-electron chi connectivity index (χ1n) is 4.15. The van der Waals surface area contributed by atoms with Gasteiger partial charge in [0.05, 0.1) is 0 Å². The molecule has 2 rings (SSSR count). The van der Waals surface area contributed by atoms with Crippen molar-refractivity contribution in [2.75, 3.05) is 0 Å². The fourth-order valence-corrected chi connectivity index (χ4v) is 1.36. The largest absolute Gasteiger partial charge is 0.424 e. The van der Waals surface area contributed by atoms with Gasteiger partial charge in [0.25, 0.3) is 0 Å². The zero-order chi connectivity index (χ0) is 9.97. The van der Waals surface area contributed by atoms with Crippen LogP contribution < -0.4 is 0 Å². The summed E-state index contributed by atoms with van der Waals surface area (Å²) in [5.74, 6) is 1.04. The average Bonchev–Trinajstić information content (AvgIpc) is 2.65. The molecule has 0 amide bonds. The van der Waals surface area contributed by atoms with Gasteiger partial charge < -0.3 is 4.42 Å². The molecule has 0 fully saturated rings. The minimum absolute atomic E-state index is 0.204. The Balaban J connectivity index is 2.29. The summed E-state index contributed by atoms with van der Waals surface area (Å²) in [6.45, 7) is 1.75. The van der Waals surface area contributed by atoms with Crippen LogP contribution in [0, 0.1) is 6.92 Å². The van der Waals surface area contributed by atoms with Crippen molar-refractivity contribution >= 4 is 12.6 Å². The summed E-state index contributed by atoms with van der Waals surface area (Å²) in [6.07, 6.45) is 3.44. The molecular weight excluding hydrogens is 198 g/mol. The lowest BCUT2D eigenvalue weighted by Gasteiger charge is -2.04. The Labute approximate surface area is 86.8 Å². The van der Waals surface area contributed by atoms with Crippen LogP contribution in [-0.4, -0.2) is 15.2 Å². The third-order valence-corrected chi connectivity index (χ3v) is 2.29. The van der Waals surface area contributed by atoms with E-state index in [1.54, 1.807) is 19.3 Å². The molecule has 0 N–H and O–H groups in total. The van der Waals surface area contributed by atoms with Crippen molar-refractivity contribution in [3.8, 4) is 0 Å². The molecular formula is C9H9N3OS. The highest BCUT2D eigenvalue weighted by molar-refractivity contribution is 7.80. The predicted molar refractivity (Wildman–Crippen MR) is 54.1 cm³/mol. The van der Waals surface area contributed by atoms with E-state index in [1.807, 2.05) is 12.1 Å². The molecule has 0 saturated carbocycles. The highest BCUT2D eigenvalue weighted by Crippen LogP contribution is 2.25. The van der Waals surface area contributed by atoms with Gasteiger partial charge >= 0.3 is 0 Å². The number of pyridine rings is 1. The SMILES string of the molecule is Cc1nnc(C(S)c2cccnc2)o1. The highest BCUT2D eigenvalue weighted by Gasteiger charge is 2.15. The van der Waals surface area contributed by atoms with Crippen LogP contribution in [0.5, 0.6) is 0 Å². The van der Waals surface area contributed by atoms with Crippen LogP contribution in [0.4, 0.5) is 0 Å². The summed E-state index contributed by atoms with van der Waals surface area (Å²) >= 11 is 4.39. The fourth-order valence-electron chi connectivity index (χ4n) is 1.10. The lowest BCUT2D eigenvalue weighted by molar-refractivity contribution is 0.475. The molecule has 4 nitrogen and oxygen atoms in total. The molecule has 0 spiro atoms. The topological polar surface area (TPSA) is 51.8 Å². The van der Waals surface area contributed by atoms with E-state index >= 15 is 0 Å². The summed E-state index contributed by atoms with van der Waals surface area (Å²) in [5.41, 5.74) is 0.944. The first-order chi connectivity index (χ1) is 6.77. The van der Waals surface area contributed by atoms with Crippen LogP contribution in [0.1, 0.15) is 22.6 Å². The second kappa shape index (κ2) is 3.79. The number of aromatic nitrogens is 3. The van der Waals surface area contributed by atoms with Gasteiger partial charge in [0.2, 0.25) is 11.8 Å². The van der Waals surface area contributed by atoms with Gasteiger partial charge in [-0.25, -0.2) is 0 Å². The number of thiol groups is 1. The molecule has 0 aliphatic rings. The second-order valence-corrected chi connectivity index (χ2v) is 3.36. The maximum Gasteiger partial charge on any atom is 0.233 e. The third-order valence-electron chi connectivity index (χ3n) is 1.78. The lowest BCUT2D eigenvalue weighted by atomic mass is 10.2. The third kappa shape index (κ3) is 1.77. The Kier molecular flexibility index (Phi) is 2.49. The first-order valence-corrected chi connectivity index (χ1v) is 4.67. The fraction of sp³-hybridized carbons (Fsp3) is 0.222. The molecule has 1 unspecified atom stereocenters. The molecule has 0 radical (unpaired) electrons. The van der Waals surface area contributed by atoms with E-state index in [1.165, 1.54) is 0 Å². The molecule has 0 aliphatic carbocycles. The summed E-state index contributed by atoms with van der Waals surface area (Å²) in [5, 5.41) is 7.44. The van der Waals surface area contributed by atoms with E-state index in [-0.39, 0.29) is 5.25 Å². The van der Waals surface area contributed by atoms with E-state index in [4.69, 9.17) is 4.42 Å². The second-order valence-electron chi connectivity index (χ2n) is 2.85. The number of aryl methyl sites for hydroxylation is 1. The van der Waals surface area contributed by atoms with E-state index in [9.17, 15) is 0 Å². The van der Waals surface area contributed by atoms with Gasteiger partial charge in [-0.15, -0.1) is 10.2 Å². The van der Waals surface area contributed by atoms with Gasteiger partial charge in [-0.2, -0.15) is 12.6 Å². The number of hydrogen-bond acceptors (Lipinski definition) is 5. The number of hydrogen-bond donors (Lipinski definition) is 1. The highest BCUT2D eigenvalue weighted by atomic mass is 32.1. The van der Waals surface area contributed by atoms with E-state index in [0.717, 1.165) is 5.56 Å². The Bertz CT molecular complexity index is 415. The van der Waals surface area contributed by atoms with Crippen molar-refractivity contribution in [2.45, 2.75) is 12.2 Å². The van der Waals surface area contributed by atoms with Crippen molar-refractivity contribution in [1.29, 1.82) is 0 Å². The molecule has 2 aromatic heterocycles. The summed E-state index contributed by atoms with van der Waals surface area (Å²) in [6, 6.07) is 3.77. The molecule has 72 valence electrons. The minimum Gasteiger partial charge on any atom is -0.424 e. The Morgan fingerprint density at radius 2 is 2.29 bits per heavy atom. The smallest absolute Gasteiger partial charge is 0.233 e. The minimum atomic E-state index is -0.204. The van der Waals surface area contributed by atoms with Crippen molar-refractivity contribution in [3.05, 3.63) is 41.9 Å². The van der Waals surface area contributed by atoms with Gasteiger partial charge in [0.1, 0.15) is 5.25 Å². The van der Waals surface area contributed by atoms with Gasteiger partial charge in [0, 0.05) is 19.3 Å². The molecule has 0 aliphatic heterocycles. The van der Waals surface area contributed by atoms with Crippen LogP contribution >= 0.6 is 12.6 Å². The number of rotatable bonds is 2. The normalized spacial score (nSPS) is 12.7. The van der Waals surface area contributed by atoms with Crippen LogP contribution in [0.2, 0.25) is 0 Å². The Hall–Kier alpha value is -1.36. The van der Waals surface area contributed by atoms with E-state index in [0.29, 0.717) is 11.8 Å². The molecule has 2 aromatic rings. The average molecular weight is 207 g/mol. The molecule has 5 heteroatoms. The van der Waals surface area contributed by atoms with Crippen LogP contribution in [0.3, 0.4) is 0 Å². The van der Waals surface area contributed by atoms with Crippen LogP contribution in [0.25, 0.3) is 0 Å². The Morgan fingerprint density at radius 1 is 1.43 bits per heavy atom. The molecule has 14 heavy (non-hydrogen) atoms. The summed E-state index contributed by atoms with van der Waals surface area (Å²) < 4.78 is 5.27. The first kappa shape index (κ1) is 9.21.